The molecule has 1 aromatic carbocycles. The normalized spacial score (nSPS) is 14.9. The van der Waals surface area contributed by atoms with E-state index in [1.807, 2.05) is 6.92 Å². The predicted octanol–water partition coefficient (Wildman–Crippen LogP) is 0.491. The van der Waals surface area contributed by atoms with Gasteiger partial charge in [-0.2, -0.15) is 0 Å². The minimum Gasteiger partial charge on any atom is -0.508 e. The maximum absolute atomic E-state index is 12.8. The van der Waals surface area contributed by atoms with E-state index in [2.05, 4.69) is 10.6 Å². The maximum atomic E-state index is 12.8. The fourth-order valence-electron chi connectivity index (χ4n) is 2.93. The van der Waals surface area contributed by atoms with Crippen molar-refractivity contribution < 1.29 is 24.6 Å². The van der Waals surface area contributed by atoms with Gasteiger partial charge in [-0.05, 0) is 43.0 Å². The number of carbonyl (C=O) groups is 3. The highest BCUT2D eigenvalue weighted by atomic mass is 16.4. The molecule has 168 valence electrons. The fourth-order valence-corrected chi connectivity index (χ4v) is 2.93. The molecule has 1 rings (SSSR count). The van der Waals surface area contributed by atoms with E-state index in [4.69, 9.17) is 11.5 Å². The summed E-state index contributed by atoms with van der Waals surface area (Å²) in [6, 6.07) is 3.24. The Hall–Kier alpha value is -2.65. The van der Waals surface area contributed by atoms with Crippen LogP contribution in [0.5, 0.6) is 5.75 Å². The summed E-state index contributed by atoms with van der Waals surface area (Å²) < 4.78 is 0. The zero-order valence-corrected chi connectivity index (χ0v) is 17.6. The Balaban J connectivity index is 2.83. The molecular formula is C21H34N4O5. The van der Waals surface area contributed by atoms with Crippen LogP contribution in [0.2, 0.25) is 0 Å². The van der Waals surface area contributed by atoms with Crippen molar-refractivity contribution in [3.05, 3.63) is 29.8 Å². The van der Waals surface area contributed by atoms with Crippen molar-refractivity contribution in [3.63, 3.8) is 0 Å². The number of aromatic hydroxyl groups is 1. The van der Waals surface area contributed by atoms with Crippen LogP contribution in [0.1, 0.15) is 45.1 Å². The van der Waals surface area contributed by atoms with E-state index in [-0.39, 0.29) is 18.1 Å². The number of carboxylic acid groups (broad SMARTS) is 1. The van der Waals surface area contributed by atoms with Crippen molar-refractivity contribution in [3.8, 4) is 5.75 Å². The third kappa shape index (κ3) is 8.38. The standard InChI is InChI=1S/C21H34N4O5/c1-3-13(2)18(25-19(27)16(23)6-4-5-11-22)20(28)24-17(21(29)30)12-14-7-9-15(26)10-8-14/h7-10,13,16-18,26H,3-6,11-12,22-23H2,1-2H3,(H,24,28)(H,25,27)(H,29,30)/t13-,16-,17-,18-/m0/s1. The van der Waals surface area contributed by atoms with Crippen molar-refractivity contribution in [1.82, 2.24) is 10.6 Å². The van der Waals surface area contributed by atoms with Gasteiger partial charge >= 0.3 is 5.97 Å². The van der Waals surface area contributed by atoms with Gasteiger partial charge in [0.25, 0.3) is 0 Å². The molecule has 9 heteroatoms. The molecule has 0 saturated carbocycles. The minimum absolute atomic E-state index is 0.0428. The van der Waals surface area contributed by atoms with Crippen LogP contribution in [0.25, 0.3) is 0 Å². The summed E-state index contributed by atoms with van der Waals surface area (Å²) in [5.41, 5.74) is 12.0. The van der Waals surface area contributed by atoms with Crippen molar-refractivity contribution in [2.24, 2.45) is 17.4 Å². The van der Waals surface area contributed by atoms with Crippen LogP contribution in [-0.4, -0.2) is 52.7 Å². The molecule has 0 heterocycles. The highest BCUT2D eigenvalue weighted by molar-refractivity contribution is 5.92. The molecule has 0 aliphatic heterocycles. The summed E-state index contributed by atoms with van der Waals surface area (Å²) >= 11 is 0. The summed E-state index contributed by atoms with van der Waals surface area (Å²) in [6.45, 7) is 4.20. The molecule has 4 atom stereocenters. The first-order valence-corrected chi connectivity index (χ1v) is 10.3. The molecule has 0 unspecified atom stereocenters. The van der Waals surface area contributed by atoms with Gasteiger partial charge in [0.1, 0.15) is 17.8 Å². The largest absolute Gasteiger partial charge is 0.508 e. The Labute approximate surface area is 177 Å². The van der Waals surface area contributed by atoms with Gasteiger partial charge in [0.2, 0.25) is 11.8 Å². The van der Waals surface area contributed by atoms with Gasteiger partial charge in [0.15, 0.2) is 0 Å². The summed E-state index contributed by atoms with van der Waals surface area (Å²) in [7, 11) is 0. The molecule has 9 nitrogen and oxygen atoms in total. The lowest BCUT2D eigenvalue weighted by Crippen LogP contribution is -2.57. The molecule has 1 aromatic rings. The fraction of sp³-hybridized carbons (Fsp3) is 0.571. The Morgan fingerprint density at radius 3 is 2.23 bits per heavy atom. The first-order chi connectivity index (χ1) is 14.2. The first-order valence-electron chi connectivity index (χ1n) is 10.3. The number of hydrogen-bond acceptors (Lipinski definition) is 6. The Bertz CT molecular complexity index is 695. The van der Waals surface area contributed by atoms with E-state index >= 15 is 0 Å². The molecule has 0 fully saturated rings. The van der Waals surface area contributed by atoms with E-state index < -0.39 is 35.9 Å². The van der Waals surface area contributed by atoms with Crippen LogP contribution < -0.4 is 22.1 Å². The third-order valence-electron chi connectivity index (χ3n) is 5.09. The first kappa shape index (κ1) is 25.4. The molecule has 0 aliphatic rings. The number of carbonyl (C=O) groups excluding carboxylic acids is 2. The molecule has 0 saturated heterocycles. The average Bonchev–Trinajstić information content (AvgIpc) is 2.72. The zero-order chi connectivity index (χ0) is 22.7. The van der Waals surface area contributed by atoms with Crippen LogP contribution in [0, 0.1) is 5.92 Å². The van der Waals surface area contributed by atoms with Crippen LogP contribution in [0.4, 0.5) is 0 Å². The number of phenolic OH excluding ortho intramolecular Hbond substituents is 1. The van der Waals surface area contributed by atoms with E-state index in [0.29, 0.717) is 31.4 Å². The average molecular weight is 423 g/mol. The molecule has 0 radical (unpaired) electrons. The van der Waals surface area contributed by atoms with Crippen molar-refractivity contribution >= 4 is 17.8 Å². The topological polar surface area (TPSA) is 168 Å². The molecule has 0 bridgehead atoms. The van der Waals surface area contributed by atoms with E-state index in [9.17, 15) is 24.6 Å². The second-order valence-electron chi connectivity index (χ2n) is 7.53. The number of carboxylic acids is 1. The van der Waals surface area contributed by atoms with E-state index in [1.165, 1.54) is 12.1 Å². The Kier molecular flexibility index (Phi) is 10.8. The highest BCUT2D eigenvalue weighted by Gasteiger charge is 2.31. The van der Waals surface area contributed by atoms with Gasteiger partial charge in [-0.1, -0.05) is 38.8 Å². The molecule has 0 aromatic heterocycles. The molecular weight excluding hydrogens is 388 g/mol. The van der Waals surface area contributed by atoms with Gasteiger partial charge in [-0.3, -0.25) is 9.59 Å². The number of amides is 2. The van der Waals surface area contributed by atoms with Crippen molar-refractivity contribution in [1.29, 1.82) is 0 Å². The number of aliphatic carboxylic acids is 1. The number of nitrogens with two attached hydrogens (primary N) is 2. The Morgan fingerprint density at radius 1 is 1.07 bits per heavy atom. The highest BCUT2D eigenvalue weighted by Crippen LogP contribution is 2.13. The van der Waals surface area contributed by atoms with Crippen molar-refractivity contribution in [2.75, 3.05) is 6.54 Å². The summed E-state index contributed by atoms with van der Waals surface area (Å²) in [6.07, 6.45) is 2.57. The molecule has 30 heavy (non-hydrogen) atoms. The summed E-state index contributed by atoms with van der Waals surface area (Å²) in [5, 5.41) is 24.1. The van der Waals surface area contributed by atoms with Gasteiger partial charge in [0.05, 0.1) is 6.04 Å². The van der Waals surface area contributed by atoms with Crippen LogP contribution in [-0.2, 0) is 20.8 Å². The molecule has 2 amide bonds. The third-order valence-corrected chi connectivity index (χ3v) is 5.09. The molecule has 0 aliphatic carbocycles. The monoisotopic (exact) mass is 422 g/mol. The van der Waals surface area contributed by atoms with Crippen molar-refractivity contribution in [2.45, 2.75) is 64.1 Å². The predicted molar refractivity (Wildman–Crippen MR) is 114 cm³/mol. The smallest absolute Gasteiger partial charge is 0.326 e. The van der Waals surface area contributed by atoms with Gasteiger partial charge in [-0.15, -0.1) is 0 Å². The summed E-state index contributed by atoms with van der Waals surface area (Å²) in [4.78, 5) is 36.9. The van der Waals surface area contributed by atoms with Crippen LogP contribution >= 0.6 is 0 Å². The van der Waals surface area contributed by atoms with Crippen LogP contribution in [0.3, 0.4) is 0 Å². The lowest BCUT2D eigenvalue weighted by Gasteiger charge is -2.26. The minimum atomic E-state index is -1.19. The van der Waals surface area contributed by atoms with E-state index in [1.54, 1.807) is 19.1 Å². The maximum Gasteiger partial charge on any atom is 0.326 e. The number of rotatable bonds is 13. The number of phenols is 1. The number of unbranched alkanes of at least 4 members (excludes halogenated alkanes) is 1. The lowest BCUT2D eigenvalue weighted by atomic mass is 9.96. The lowest BCUT2D eigenvalue weighted by molar-refractivity contribution is -0.142. The van der Waals surface area contributed by atoms with E-state index in [0.717, 1.165) is 6.42 Å². The zero-order valence-electron chi connectivity index (χ0n) is 17.6. The number of nitrogens with one attached hydrogen (secondary N) is 2. The number of hydrogen-bond donors (Lipinski definition) is 6. The van der Waals surface area contributed by atoms with Gasteiger partial charge in [0, 0.05) is 6.42 Å². The molecule has 0 spiro atoms. The van der Waals surface area contributed by atoms with Gasteiger partial charge < -0.3 is 32.3 Å². The molecule has 8 N–H and O–H groups in total. The number of benzene rings is 1. The summed E-state index contributed by atoms with van der Waals surface area (Å²) in [5.74, 6) is -2.36. The van der Waals surface area contributed by atoms with Crippen LogP contribution in [0.15, 0.2) is 24.3 Å². The van der Waals surface area contributed by atoms with Gasteiger partial charge in [-0.25, -0.2) is 4.79 Å². The quantitative estimate of drug-likeness (QED) is 0.251. The second-order valence-corrected chi connectivity index (χ2v) is 7.53. The SMILES string of the molecule is CC[C@H](C)[C@H](NC(=O)[C@@H](N)CCCCN)C(=O)N[C@@H](Cc1ccc(O)cc1)C(=O)O. The second kappa shape index (κ2) is 12.8. The Morgan fingerprint density at radius 2 is 1.70 bits per heavy atom.